The Labute approximate surface area is 138 Å². The van der Waals surface area contributed by atoms with Gasteiger partial charge in [-0.05, 0) is 40.6 Å². The molecule has 1 aromatic rings. The molecule has 0 aromatic heterocycles. The molecule has 0 atom stereocenters. The van der Waals surface area contributed by atoms with Crippen LogP contribution in [0.3, 0.4) is 0 Å². The molecule has 22 heavy (non-hydrogen) atoms. The van der Waals surface area contributed by atoms with Crippen LogP contribution in [0.4, 0.5) is 0 Å². The number of allylic oxidation sites excluding steroid dienone is 1. The van der Waals surface area contributed by atoms with Gasteiger partial charge in [0, 0.05) is 5.57 Å². The smallest absolute Gasteiger partial charge is 0.333 e. The fourth-order valence-corrected chi connectivity index (χ4v) is 2.41. The second-order valence-electron chi connectivity index (χ2n) is 4.46. The molecule has 0 aliphatic rings. The summed E-state index contributed by atoms with van der Waals surface area (Å²) in [5, 5.41) is 0. The molecule has 0 spiro atoms. The lowest BCUT2D eigenvalue weighted by Crippen LogP contribution is -2.08. The highest BCUT2D eigenvalue weighted by Gasteiger charge is 2.17. The summed E-state index contributed by atoms with van der Waals surface area (Å²) in [5.74, 6) is 0.0667. The number of methoxy groups -OCH3 is 3. The predicted molar refractivity (Wildman–Crippen MR) is 86.6 cm³/mol. The van der Waals surface area contributed by atoms with Crippen molar-refractivity contribution in [3.05, 3.63) is 33.8 Å². The van der Waals surface area contributed by atoms with Crippen LogP contribution >= 0.6 is 15.9 Å². The number of hydrogen-bond acceptors (Lipinski definition) is 5. The number of carbonyl (C=O) groups is 2. The van der Waals surface area contributed by atoms with E-state index in [2.05, 4.69) is 15.9 Å². The quantitative estimate of drug-likeness (QED) is 0.417. The Balaban J connectivity index is 3.28. The van der Waals surface area contributed by atoms with Crippen molar-refractivity contribution in [2.24, 2.45) is 0 Å². The van der Waals surface area contributed by atoms with E-state index in [1.54, 1.807) is 12.1 Å². The van der Waals surface area contributed by atoms with Crippen LogP contribution in [0.25, 0.3) is 0 Å². The summed E-state index contributed by atoms with van der Waals surface area (Å²) < 4.78 is 15.8. The van der Waals surface area contributed by atoms with Gasteiger partial charge in [-0.15, -0.1) is 0 Å². The lowest BCUT2D eigenvalue weighted by molar-refractivity contribution is -0.136. The maximum atomic E-state index is 12.5. The molecule has 0 unspecified atom stereocenters. The van der Waals surface area contributed by atoms with E-state index in [0.29, 0.717) is 33.5 Å². The summed E-state index contributed by atoms with van der Waals surface area (Å²) in [6.45, 7) is 1.92. The standard InChI is InChI=1S/C16H19BrO5/c1-5-6-10(16(19)22-4)7-13(18)11-8-15(21-3)12(17)9-14(11)20-2/h7-9H,5-6H2,1-4H3/b10-7-. The van der Waals surface area contributed by atoms with Crippen molar-refractivity contribution >= 4 is 27.7 Å². The molecule has 5 nitrogen and oxygen atoms in total. The highest BCUT2D eigenvalue weighted by molar-refractivity contribution is 9.10. The van der Waals surface area contributed by atoms with Crippen LogP contribution in [0.1, 0.15) is 30.1 Å². The van der Waals surface area contributed by atoms with Crippen LogP contribution in [0.15, 0.2) is 28.3 Å². The first-order valence-corrected chi connectivity index (χ1v) is 7.52. The lowest BCUT2D eigenvalue weighted by Gasteiger charge is -2.11. The highest BCUT2D eigenvalue weighted by atomic mass is 79.9. The molecule has 6 heteroatoms. The highest BCUT2D eigenvalue weighted by Crippen LogP contribution is 2.33. The summed E-state index contributed by atoms with van der Waals surface area (Å²) in [6.07, 6.45) is 2.49. The molecule has 0 saturated carbocycles. The third-order valence-electron chi connectivity index (χ3n) is 3.01. The third kappa shape index (κ3) is 4.34. The first-order chi connectivity index (χ1) is 10.5. The minimum absolute atomic E-state index is 0.319. The van der Waals surface area contributed by atoms with Gasteiger partial charge in [0.2, 0.25) is 0 Å². The van der Waals surface area contributed by atoms with E-state index >= 15 is 0 Å². The second kappa shape index (κ2) is 8.58. The molecule has 0 amide bonds. The largest absolute Gasteiger partial charge is 0.496 e. The number of halogens is 1. The van der Waals surface area contributed by atoms with E-state index in [0.717, 1.165) is 6.42 Å². The average Bonchev–Trinajstić information content (AvgIpc) is 2.53. The molecular formula is C16H19BrO5. The topological polar surface area (TPSA) is 61.8 Å². The molecule has 1 aromatic carbocycles. The van der Waals surface area contributed by atoms with Crippen LogP contribution in [-0.4, -0.2) is 33.1 Å². The van der Waals surface area contributed by atoms with Crippen molar-refractivity contribution in [1.82, 2.24) is 0 Å². The van der Waals surface area contributed by atoms with Gasteiger partial charge < -0.3 is 14.2 Å². The first-order valence-electron chi connectivity index (χ1n) is 6.73. The van der Waals surface area contributed by atoms with Gasteiger partial charge in [0.25, 0.3) is 0 Å². The Morgan fingerprint density at radius 2 is 1.77 bits per heavy atom. The Morgan fingerprint density at radius 1 is 1.14 bits per heavy atom. The number of rotatable bonds is 7. The molecule has 0 aliphatic heterocycles. The molecule has 0 aliphatic carbocycles. The maximum absolute atomic E-state index is 12.5. The minimum Gasteiger partial charge on any atom is -0.496 e. The number of ketones is 1. The summed E-state index contributed by atoms with van der Waals surface area (Å²) >= 11 is 3.34. The molecule has 0 heterocycles. The third-order valence-corrected chi connectivity index (χ3v) is 3.63. The van der Waals surface area contributed by atoms with Gasteiger partial charge in [0.1, 0.15) is 11.5 Å². The minimum atomic E-state index is -0.502. The zero-order valence-corrected chi connectivity index (χ0v) is 14.7. The lowest BCUT2D eigenvalue weighted by atomic mass is 10.0. The van der Waals surface area contributed by atoms with Crippen molar-refractivity contribution in [3.63, 3.8) is 0 Å². The second-order valence-corrected chi connectivity index (χ2v) is 5.32. The van der Waals surface area contributed by atoms with Crippen molar-refractivity contribution in [2.75, 3.05) is 21.3 Å². The number of benzene rings is 1. The zero-order chi connectivity index (χ0) is 16.7. The van der Waals surface area contributed by atoms with Crippen molar-refractivity contribution < 1.29 is 23.8 Å². The fraction of sp³-hybridized carbons (Fsp3) is 0.375. The normalized spacial score (nSPS) is 11.0. The van der Waals surface area contributed by atoms with E-state index in [9.17, 15) is 9.59 Å². The summed E-state index contributed by atoms with van der Waals surface area (Å²) in [5.41, 5.74) is 0.652. The average molecular weight is 371 g/mol. The van der Waals surface area contributed by atoms with Gasteiger partial charge in [-0.1, -0.05) is 13.3 Å². The summed E-state index contributed by atoms with van der Waals surface area (Å²) in [4.78, 5) is 24.2. The van der Waals surface area contributed by atoms with Gasteiger partial charge in [0.05, 0.1) is 31.4 Å². The molecule has 120 valence electrons. The molecule has 0 radical (unpaired) electrons. The Kier molecular flexibility index (Phi) is 7.11. The van der Waals surface area contributed by atoms with Crippen LogP contribution in [0.5, 0.6) is 11.5 Å². The van der Waals surface area contributed by atoms with Crippen molar-refractivity contribution in [3.8, 4) is 11.5 Å². The molecular weight excluding hydrogens is 352 g/mol. The molecule has 0 N–H and O–H groups in total. The van der Waals surface area contributed by atoms with Crippen LogP contribution in [0.2, 0.25) is 0 Å². The van der Waals surface area contributed by atoms with Crippen LogP contribution in [-0.2, 0) is 9.53 Å². The van der Waals surface area contributed by atoms with E-state index in [1.165, 1.54) is 27.4 Å². The predicted octanol–water partition coefficient (Wildman–Crippen LogP) is 3.55. The van der Waals surface area contributed by atoms with Crippen LogP contribution in [0, 0.1) is 0 Å². The maximum Gasteiger partial charge on any atom is 0.333 e. The van der Waals surface area contributed by atoms with Gasteiger partial charge in [0.15, 0.2) is 5.78 Å². The van der Waals surface area contributed by atoms with E-state index in [-0.39, 0.29) is 5.78 Å². The Bertz CT molecular complexity index is 592. The van der Waals surface area contributed by atoms with E-state index < -0.39 is 5.97 Å². The number of ether oxygens (including phenoxy) is 3. The number of carbonyl (C=O) groups excluding carboxylic acids is 2. The number of hydrogen-bond donors (Lipinski definition) is 0. The van der Waals surface area contributed by atoms with Gasteiger partial charge in [-0.25, -0.2) is 4.79 Å². The Hall–Kier alpha value is -1.82. The van der Waals surface area contributed by atoms with Crippen LogP contribution < -0.4 is 9.47 Å². The molecule has 0 bridgehead atoms. The molecule has 0 saturated heterocycles. The van der Waals surface area contributed by atoms with Gasteiger partial charge in [-0.2, -0.15) is 0 Å². The van der Waals surface area contributed by atoms with Gasteiger partial charge >= 0.3 is 5.97 Å². The molecule has 0 fully saturated rings. The first kappa shape index (κ1) is 18.2. The fourth-order valence-electron chi connectivity index (χ4n) is 1.92. The SMILES string of the molecule is CCC/C(=C/C(=O)c1cc(OC)c(Br)cc1OC)C(=O)OC. The number of esters is 1. The zero-order valence-electron chi connectivity index (χ0n) is 13.1. The van der Waals surface area contributed by atoms with E-state index in [4.69, 9.17) is 14.2 Å². The summed E-state index contributed by atoms with van der Waals surface area (Å²) in [6, 6.07) is 3.22. The van der Waals surface area contributed by atoms with Crippen molar-refractivity contribution in [2.45, 2.75) is 19.8 Å². The van der Waals surface area contributed by atoms with E-state index in [1.807, 2.05) is 6.92 Å². The Morgan fingerprint density at radius 3 is 2.27 bits per heavy atom. The molecule has 1 rings (SSSR count). The van der Waals surface area contributed by atoms with Gasteiger partial charge in [-0.3, -0.25) is 4.79 Å². The monoisotopic (exact) mass is 370 g/mol. The van der Waals surface area contributed by atoms with Crippen molar-refractivity contribution in [1.29, 1.82) is 0 Å². The summed E-state index contributed by atoms with van der Waals surface area (Å²) in [7, 11) is 4.27.